The third-order valence-corrected chi connectivity index (χ3v) is 2.32. The minimum absolute atomic E-state index is 0.161. The highest BCUT2D eigenvalue weighted by Crippen LogP contribution is 1.93. The summed E-state index contributed by atoms with van der Waals surface area (Å²) < 4.78 is 4.88. The van der Waals surface area contributed by atoms with Crippen LogP contribution in [0.2, 0.25) is 0 Å². The molecule has 0 spiro atoms. The van der Waals surface area contributed by atoms with E-state index in [0.717, 1.165) is 6.54 Å². The van der Waals surface area contributed by atoms with Crippen LogP contribution in [0.1, 0.15) is 26.2 Å². The first-order valence-corrected chi connectivity index (χ1v) is 4.76. The van der Waals surface area contributed by atoms with E-state index >= 15 is 0 Å². The van der Waals surface area contributed by atoms with Gasteiger partial charge in [0.05, 0.1) is 13.1 Å². The van der Waals surface area contributed by atoms with Crippen molar-refractivity contribution >= 4 is 5.97 Å². The van der Waals surface area contributed by atoms with Gasteiger partial charge >= 0.3 is 5.97 Å². The maximum absolute atomic E-state index is 10.5. The zero-order valence-corrected chi connectivity index (χ0v) is 7.77. The van der Waals surface area contributed by atoms with Gasteiger partial charge in [-0.3, -0.25) is 4.79 Å². The molecule has 12 heavy (non-hydrogen) atoms. The Hall–Kier alpha value is -0.570. The van der Waals surface area contributed by atoms with Crippen molar-refractivity contribution in [1.82, 2.24) is 0 Å². The van der Waals surface area contributed by atoms with Crippen LogP contribution in [0.4, 0.5) is 0 Å². The second kappa shape index (κ2) is 5.14. The number of hydrogen-bond donors (Lipinski definition) is 1. The SMILES string of the molecule is CC(=O)OCC[NH+]1CCCCC1. The molecule has 0 aliphatic carbocycles. The van der Waals surface area contributed by atoms with Crippen LogP contribution in [0.15, 0.2) is 0 Å². The Labute approximate surface area is 73.7 Å². The first kappa shape index (κ1) is 9.52. The summed E-state index contributed by atoms with van der Waals surface area (Å²) in [6.45, 7) is 5.54. The number of likely N-dealkylation sites (tertiary alicyclic amines) is 1. The number of nitrogens with one attached hydrogen (secondary N) is 1. The van der Waals surface area contributed by atoms with E-state index < -0.39 is 0 Å². The van der Waals surface area contributed by atoms with E-state index in [2.05, 4.69) is 0 Å². The Kier molecular flexibility index (Phi) is 4.08. The van der Waals surface area contributed by atoms with E-state index in [0.29, 0.717) is 6.61 Å². The molecule has 1 fully saturated rings. The lowest BCUT2D eigenvalue weighted by Gasteiger charge is -2.22. The van der Waals surface area contributed by atoms with Crippen LogP contribution in [0.5, 0.6) is 0 Å². The van der Waals surface area contributed by atoms with Gasteiger partial charge in [0, 0.05) is 6.92 Å². The van der Waals surface area contributed by atoms with Crippen LogP contribution >= 0.6 is 0 Å². The number of quaternary nitrogens is 1. The number of hydrogen-bond acceptors (Lipinski definition) is 2. The lowest BCUT2D eigenvalue weighted by Crippen LogP contribution is -3.13. The van der Waals surface area contributed by atoms with Crippen molar-refractivity contribution in [3.8, 4) is 0 Å². The molecule has 70 valence electrons. The van der Waals surface area contributed by atoms with Gasteiger partial charge in [0.15, 0.2) is 0 Å². The van der Waals surface area contributed by atoms with Crippen LogP contribution < -0.4 is 4.90 Å². The van der Waals surface area contributed by atoms with Crippen molar-refractivity contribution in [2.45, 2.75) is 26.2 Å². The number of carbonyl (C=O) groups is 1. The van der Waals surface area contributed by atoms with Crippen LogP contribution in [-0.4, -0.2) is 32.2 Å². The maximum atomic E-state index is 10.5. The van der Waals surface area contributed by atoms with Gasteiger partial charge in [0.25, 0.3) is 0 Å². The monoisotopic (exact) mass is 172 g/mol. The molecule has 0 amide bonds. The van der Waals surface area contributed by atoms with Gasteiger partial charge in [-0.2, -0.15) is 0 Å². The Bertz CT molecular complexity index is 141. The molecule has 1 aliphatic rings. The summed E-state index contributed by atoms with van der Waals surface area (Å²) >= 11 is 0. The quantitative estimate of drug-likeness (QED) is 0.588. The second-order valence-corrected chi connectivity index (χ2v) is 3.40. The molecule has 3 nitrogen and oxygen atoms in total. The molecule has 0 saturated carbocycles. The summed E-state index contributed by atoms with van der Waals surface area (Å²) in [5.74, 6) is -0.161. The molecule has 0 aromatic heterocycles. The van der Waals surface area contributed by atoms with Crippen molar-refractivity contribution in [3.05, 3.63) is 0 Å². The molecule has 0 atom stereocenters. The number of rotatable bonds is 3. The lowest BCUT2D eigenvalue weighted by atomic mass is 10.1. The molecule has 0 aromatic rings. The molecule has 1 aliphatic heterocycles. The Morgan fingerprint density at radius 2 is 2.00 bits per heavy atom. The van der Waals surface area contributed by atoms with Crippen LogP contribution in [0, 0.1) is 0 Å². The second-order valence-electron chi connectivity index (χ2n) is 3.40. The summed E-state index contributed by atoms with van der Waals surface area (Å²) in [5.41, 5.74) is 0. The minimum Gasteiger partial charge on any atom is -0.460 e. The van der Waals surface area contributed by atoms with Gasteiger partial charge < -0.3 is 9.64 Å². The summed E-state index contributed by atoms with van der Waals surface area (Å²) in [6.07, 6.45) is 4.03. The summed E-state index contributed by atoms with van der Waals surface area (Å²) in [7, 11) is 0. The molecule has 1 heterocycles. The lowest BCUT2D eigenvalue weighted by molar-refractivity contribution is -0.905. The van der Waals surface area contributed by atoms with Crippen molar-refractivity contribution in [2.24, 2.45) is 0 Å². The predicted molar refractivity (Wildman–Crippen MR) is 46.0 cm³/mol. The van der Waals surface area contributed by atoms with Crippen LogP contribution in [-0.2, 0) is 9.53 Å². The Morgan fingerprint density at radius 1 is 1.33 bits per heavy atom. The van der Waals surface area contributed by atoms with E-state index in [-0.39, 0.29) is 5.97 Å². The highest BCUT2D eigenvalue weighted by molar-refractivity contribution is 5.65. The number of esters is 1. The minimum atomic E-state index is -0.161. The molecule has 1 rings (SSSR count). The smallest absolute Gasteiger partial charge is 0.302 e. The predicted octanol–water partition coefficient (Wildman–Crippen LogP) is -0.382. The van der Waals surface area contributed by atoms with Gasteiger partial charge in [0.1, 0.15) is 13.2 Å². The first-order chi connectivity index (χ1) is 5.79. The van der Waals surface area contributed by atoms with Crippen molar-refractivity contribution in [1.29, 1.82) is 0 Å². The average molecular weight is 172 g/mol. The Morgan fingerprint density at radius 3 is 2.58 bits per heavy atom. The number of ether oxygens (including phenoxy) is 1. The first-order valence-electron chi connectivity index (χ1n) is 4.76. The third-order valence-electron chi connectivity index (χ3n) is 2.32. The van der Waals surface area contributed by atoms with Crippen LogP contribution in [0.3, 0.4) is 0 Å². The molecular weight excluding hydrogens is 154 g/mol. The standard InChI is InChI=1S/C9H17NO2/c1-9(11)12-8-7-10-5-3-2-4-6-10/h2-8H2,1H3/p+1. The molecule has 0 radical (unpaired) electrons. The fourth-order valence-corrected chi connectivity index (χ4v) is 1.64. The third kappa shape index (κ3) is 3.72. The van der Waals surface area contributed by atoms with E-state index in [1.807, 2.05) is 0 Å². The van der Waals surface area contributed by atoms with Crippen molar-refractivity contribution < 1.29 is 14.4 Å². The topological polar surface area (TPSA) is 30.7 Å². The van der Waals surface area contributed by atoms with E-state index in [1.54, 1.807) is 4.90 Å². The summed E-state index contributed by atoms with van der Waals surface area (Å²) in [5, 5.41) is 0. The summed E-state index contributed by atoms with van der Waals surface area (Å²) in [6, 6.07) is 0. The zero-order valence-electron chi connectivity index (χ0n) is 7.77. The molecule has 0 bridgehead atoms. The summed E-state index contributed by atoms with van der Waals surface area (Å²) in [4.78, 5) is 12.0. The van der Waals surface area contributed by atoms with Gasteiger partial charge in [-0.15, -0.1) is 0 Å². The molecule has 1 saturated heterocycles. The fraction of sp³-hybridized carbons (Fsp3) is 0.889. The normalized spacial score (nSPS) is 19.1. The molecule has 0 aromatic carbocycles. The molecule has 0 unspecified atom stereocenters. The van der Waals surface area contributed by atoms with E-state index in [9.17, 15) is 4.79 Å². The van der Waals surface area contributed by atoms with Gasteiger partial charge in [-0.1, -0.05) is 0 Å². The number of piperidine rings is 1. The maximum Gasteiger partial charge on any atom is 0.302 e. The van der Waals surface area contributed by atoms with Crippen molar-refractivity contribution in [3.63, 3.8) is 0 Å². The zero-order chi connectivity index (χ0) is 8.81. The van der Waals surface area contributed by atoms with E-state index in [4.69, 9.17) is 4.74 Å². The molecule has 3 heteroatoms. The number of carbonyl (C=O) groups excluding carboxylic acids is 1. The Balaban J connectivity index is 2.01. The van der Waals surface area contributed by atoms with Crippen molar-refractivity contribution in [2.75, 3.05) is 26.2 Å². The largest absolute Gasteiger partial charge is 0.460 e. The molecule has 1 N–H and O–H groups in total. The highest BCUT2D eigenvalue weighted by atomic mass is 16.5. The van der Waals surface area contributed by atoms with Gasteiger partial charge in [-0.25, -0.2) is 0 Å². The average Bonchev–Trinajstić information content (AvgIpc) is 2.05. The van der Waals surface area contributed by atoms with Gasteiger partial charge in [0.2, 0.25) is 0 Å². The van der Waals surface area contributed by atoms with Crippen LogP contribution in [0.25, 0.3) is 0 Å². The fourth-order valence-electron chi connectivity index (χ4n) is 1.64. The highest BCUT2D eigenvalue weighted by Gasteiger charge is 2.12. The van der Waals surface area contributed by atoms with Gasteiger partial charge in [-0.05, 0) is 19.3 Å². The van der Waals surface area contributed by atoms with E-state index in [1.165, 1.54) is 39.3 Å². The molecular formula is C9H18NO2+.